The van der Waals surface area contributed by atoms with Gasteiger partial charge in [0.1, 0.15) is 11.9 Å². The van der Waals surface area contributed by atoms with Crippen LogP contribution in [0.25, 0.3) is 0 Å². The Morgan fingerprint density at radius 2 is 1.79 bits per heavy atom. The number of fused-ring (bicyclic) bond motifs is 3. The van der Waals surface area contributed by atoms with Crippen molar-refractivity contribution in [2.24, 2.45) is 5.41 Å². The van der Waals surface area contributed by atoms with Crippen molar-refractivity contribution >= 4 is 39.5 Å². The number of carbonyl (C=O) groups excluding carboxylic acids is 3. The molecule has 1 amide bonds. The smallest absolute Gasteiger partial charge is 0.343 e. The summed E-state index contributed by atoms with van der Waals surface area (Å²) in [5.74, 6) is -0.808. The molecule has 48 heavy (non-hydrogen) atoms. The molecule has 7 atom stereocenters. The minimum absolute atomic E-state index is 0.114. The number of amides is 1. The third-order valence-corrected chi connectivity index (χ3v) is 12.3. The quantitative estimate of drug-likeness (QED) is 0.298. The van der Waals surface area contributed by atoms with Crippen molar-refractivity contribution in [3.63, 3.8) is 0 Å². The molecule has 5 heterocycles. The number of hydrogen-bond donors (Lipinski definition) is 0. The third-order valence-electron chi connectivity index (χ3n) is 11.7. The molecule has 2 spiro atoms. The standard InChI is InChI=1S/C37H37BrN2O8/c1-5-34-20-28(47-30(42)23-11-13-24(38)14-12-23)29(41)40-18-17-35-26-16-15-25(44-3)19-27(26)39(2)31(35)36(33(43)45-4,48-37(34,35)40)32(34)46-21-22-9-7-6-8-10-22/h6-16,19,28,31-32H,5,17-18,20-21H2,1-4H3/t28-,31+,32+,34-,35-,36-,37-/m1/s1. The maximum Gasteiger partial charge on any atom is 0.343 e. The van der Waals surface area contributed by atoms with Crippen molar-refractivity contribution in [2.45, 2.75) is 67.8 Å². The van der Waals surface area contributed by atoms with Crippen LogP contribution in [0, 0.1) is 5.41 Å². The van der Waals surface area contributed by atoms with Gasteiger partial charge in [0.2, 0.25) is 5.60 Å². The van der Waals surface area contributed by atoms with Gasteiger partial charge in [-0.25, -0.2) is 9.59 Å². The highest BCUT2D eigenvalue weighted by Gasteiger charge is 2.96. The van der Waals surface area contributed by atoms with Gasteiger partial charge in [-0.1, -0.05) is 59.3 Å². The summed E-state index contributed by atoms with van der Waals surface area (Å²) < 4.78 is 32.5. The van der Waals surface area contributed by atoms with Crippen LogP contribution in [0.15, 0.2) is 77.3 Å². The fourth-order valence-corrected chi connectivity index (χ4v) is 10.4. The lowest BCUT2D eigenvalue weighted by Crippen LogP contribution is -2.78. The van der Waals surface area contributed by atoms with Gasteiger partial charge in [0.05, 0.1) is 43.3 Å². The Kier molecular flexibility index (Phi) is 7.04. The summed E-state index contributed by atoms with van der Waals surface area (Å²) in [5, 5.41) is 0. The van der Waals surface area contributed by atoms with E-state index < -0.39 is 52.3 Å². The van der Waals surface area contributed by atoms with Crippen LogP contribution in [0.3, 0.4) is 0 Å². The molecule has 4 saturated heterocycles. The van der Waals surface area contributed by atoms with Crippen molar-refractivity contribution in [3.8, 4) is 5.75 Å². The fourth-order valence-electron chi connectivity index (χ4n) is 10.1. The third kappa shape index (κ3) is 3.62. The second-order valence-electron chi connectivity index (χ2n) is 13.4. The van der Waals surface area contributed by atoms with Crippen LogP contribution >= 0.6 is 15.9 Å². The van der Waals surface area contributed by atoms with Gasteiger partial charge in [0.25, 0.3) is 5.91 Å². The molecule has 3 aromatic rings. The molecule has 0 aromatic heterocycles. The highest BCUT2D eigenvalue weighted by Crippen LogP contribution is 2.80. The van der Waals surface area contributed by atoms with Crippen molar-refractivity contribution in [3.05, 3.63) is 94.0 Å². The predicted molar refractivity (Wildman–Crippen MR) is 177 cm³/mol. The summed E-state index contributed by atoms with van der Waals surface area (Å²) in [7, 11) is 4.95. The lowest BCUT2D eigenvalue weighted by atomic mass is 9.47. The van der Waals surface area contributed by atoms with Gasteiger partial charge in [-0.3, -0.25) is 4.79 Å². The van der Waals surface area contributed by atoms with E-state index in [4.69, 9.17) is 23.7 Å². The molecule has 0 unspecified atom stereocenters. The molecular formula is C37H37BrN2O8. The van der Waals surface area contributed by atoms with Crippen molar-refractivity contribution in [2.75, 3.05) is 32.7 Å². The summed E-state index contributed by atoms with van der Waals surface area (Å²) >= 11 is 3.41. The molecule has 4 fully saturated rings. The summed E-state index contributed by atoms with van der Waals surface area (Å²) in [4.78, 5) is 46.6. The highest BCUT2D eigenvalue weighted by atomic mass is 79.9. The number of likely N-dealkylation sites (N-methyl/N-ethyl adjacent to an activating group) is 1. The van der Waals surface area contributed by atoms with Gasteiger partial charge in [-0.05, 0) is 54.3 Å². The van der Waals surface area contributed by atoms with Crippen LogP contribution in [0.4, 0.5) is 5.69 Å². The molecule has 11 heteroatoms. The predicted octanol–water partition coefficient (Wildman–Crippen LogP) is 5.01. The molecule has 0 aliphatic carbocycles. The van der Waals surface area contributed by atoms with E-state index in [2.05, 4.69) is 20.8 Å². The first-order valence-electron chi connectivity index (χ1n) is 16.3. The summed E-state index contributed by atoms with van der Waals surface area (Å²) in [5.41, 5.74) is -1.53. The monoisotopic (exact) mass is 716 g/mol. The molecule has 250 valence electrons. The fraction of sp³-hybridized carbons (Fsp3) is 0.432. The number of nitrogens with zero attached hydrogens (tertiary/aromatic N) is 2. The van der Waals surface area contributed by atoms with Gasteiger partial charge in [-0.2, -0.15) is 0 Å². The van der Waals surface area contributed by atoms with E-state index >= 15 is 0 Å². The van der Waals surface area contributed by atoms with Crippen LogP contribution in [-0.4, -0.2) is 80.1 Å². The maximum absolute atomic E-state index is 14.7. The molecule has 3 aromatic carbocycles. The Balaban J connectivity index is 1.33. The Hall–Kier alpha value is -3.93. The minimum atomic E-state index is -1.62. The number of rotatable bonds is 8. The van der Waals surface area contributed by atoms with E-state index in [0.29, 0.717) is 30.7 Å². The number of benzene rings is 3. The molecule has 2 bridgehead atoms. The molecule has 5 aliphatic rings. The van der Waals surface area contributed by atoms with Crippen molar-refractivity contribution in [1.82, 2.24) is 4.90 Å². The lowest BCUT2D eigenvalue weighted by molar-refractivity contribution is -0.228. The first kappa shape index (κ1) is 31.3. The topological polar surface area (TPSA) is 104 Å². The average Bonchev–Trinajstić information content (AvgIpc) is 3.76. The number of anilines is 1. The molecule has 0 saturated carbocycles. The minimum Gasteiger partial charge on any atom is -0.497 e. The van der Waals surface area contributed by atoms with Gasteiger partial charge in [0, 0.05) is 36.2 Å². The number of methoxy groups -OCH3 is 2. The first-order valence-corrected chi connectivity index (χ1v) is 17.1. The second kappa shape index (κ2) is 10.8. The van der Waals surface area contributed by atoms with Gasteiger partial charge >= 0.3 is 11.9 Å². The average molecular weight is 718 g/mol. The SMILES string of the molecule is CC[C@]12C[C@@H](OC(=O)c3ccc(Br)cc3)C(=O)N3CC[C@@]45c6ccc(OC)cc6N(C)[C@@H]4[C@@](C(=O)OC)(O[C@]315)[C@H]2OCc1ccccc1. The molecule has 8 rings (SSSR count). The maximum atomic E-state index is 14.7. The number of hydrogen-bond acceptors (Lipinski definition) is 9. The lowest BCUT2D eigenvalue weighted by Gasteiger charge is -2.60. The molecule has 0 radical (unpaired) electrons. The molecule has 10 nitrogen and oxygen atoms in total. The zero-order valence-electron chi connectivity index (χ0n) is 27.2. The number of carbonyl (C=O) groups is 3. The number of esters is 2. The van der Waals surface area contributed by atoms with Crippen LogP contribution in [0.2, 0.25) is 0 Å². The van der Waals surface area contributed by atoms with E-state index in [1.165, 1.54) is 7.11 Å². The van der Waals surface area contributed by atoms with E-state index in [0.717, 1.165) is 21.3 Å². The van der Waals surface area contributed by atoms with Crippen LogP contribution in [-0.2, 0) is 40.6 Å². The summed E-state index contributed by atoms with van der Waals surface area (Å²) in [6.45, 7) is 2.59. The van der Waals surface area contributed by atoms with Crippen molar-refractivity contribution < 1.29 is 38.1 Å². The zero-order valence-corrected chi connectivity index (χ0v) is 28.8. The van der Waals surface area contributed by atoms with Crippen LogP contribution in [0.1, 0.15) is 47.7 Å². The summed E-state index contributed by atoms with van der Waals surface area (Å²) in [6, 6.07) is 22.0. The van der Waals surface area contributed by atoms with Gasteiger partial charge in [0.15, 0.2) is 11.8 Å². The van der Waals surface area contributed by atoms with Crippen LogP contribution in [0.5, 0.6) is 5.75 Å². The normalized spacial score (nSPS) is 33.7. The van der Waals surface area contributed by atoms with Crippen molar-refractivity contribution in [1.29, 1.82) is 0 Å². The number of halogens is 1. The van der Waals surface area contributed by atoms with E-state index in [9.17, 15) is 14.4 Å². The summed E-state index contributed by atoms with van der Waals surface area (Å²) in [6.07, 6.45) is -0.849. The largest absolute Gasteiger partial charge is 0.497 e. The van der Waals surface area contributed by atoms with E-state index in [1.54, 1.807) is 36.3 Å². The van der Waals surface area contributed by atoms with E-state index in [-0.39, 0.29) is 18.9 Å². The van der Waals surface area contributed by atoms with Gasteiger partial charge in [-0.15, -0.1) is 0 Å². The van der Waals surface area contributed by atoms with Crippen LogP contribution < -0.4 is 9.64 Å². The molecule has 0 N–H and O–H groups in total. The Morgan fingerprint density at radius 3 is 2.48 bits per heavy atom. The Labute approximate surface area is 287 Å². The number of piperidine rings is 1. The Bertz CT molecular complexity index is 1820. The number of ether oxygens (including phenoxy) is 5. The highest BCUT2D eigenvalue weighted by molar-refractivity contribution is 9.10. The first-order chi connectivity index (χ1) is 23.1. The molecular weight excluding hydrogens is 680 g/mol. The Morgan fingerprint density at radius 1 is 1.04 bits per heavy atom. The second-order valence-corrected chi connectivity index (χ2v) is 14.3. The zero-order chi connectivity index (χ0) is 33.6. The van der Waals surface area contributed by atoms with E-state index in [1.807, 2.05) is 62.5 Å². The molecule has 5 aliphatic heterocycles. The van der Waals surface area contributed by atoms with Gasteiger partial charge < -0.3 is 33.5 Å².